The third-order valence-corrected chi connectivity index (χ3v) is 9.20. The number of fused-ring (bicyclic) bond motifs is 4. The van der Waals surface area contributed by atoms with Crippen molar-refractivity contribution >= 4 is 17.4 Å². The molecule has 0 saturated heterocycles. The van der Waals surface area contributed by atoms with Gasteiger partial charge in [-0.1, -0.05) is 30.7 Å². The summed E-state index contributed by atoms with van der Waals surface area (Å²) in [5, 5.41) is 11.7. The highest BCUT2D eigenvalue weighted by atomic mass is 16.5. The standard InChI is InChI=1S/C28H35NO4/c1-27-16-23(17-5-8-19(9-6-17)29(2)3)25-21-12-10-20(30)15-18(21)7-11-22(25)24(27)13-14-28(27,32)26(31)33-4/h5-9,22-24,32H,10-16H2,1-4H3/t22?,23?,24?,27-,28-/m0/s1. The summed E-state index contributed by atoms with van der Waals surface area (Å²) in [7, 11) is 5.45. The second-order valence-corrected chi connectivity index (χ2v) is 10.9. The minimum Gasteiger partial charge on any atom is -0.467 e. The summed E-state index contributed by atoms with van der Waals surface area (Å²) in [5.41, 5.74) is 4.42. The zero-order valence-corrected chi connectivity index (χ0v) is 20.2. The lowest BCUT2D eigenvalue weighted by molar-refractivity contribution is -0.179. The number of rotatable bonds is 3. The van der Waals surface area contributed by atoms with Gasteiger partial charge in [0.25, 0.3) is 0 Å². The SMILES string of the molecule is COC(=O)[C@@]1(O)CCC2C3CC=C4CC(=O)CCC4=C3C(c3ccc(N(C)C)cc3)C[C@@]21C. The Hall–Kier alpha value is -2.40. The summed E-state index contributed by atoms with van der Waals surface area (Å²) in [6.07, 6.45) is 7.10. The Bertz CT molecular complexity index is 1050. The van der Waals surface area contributed by atoms with E-state index in [2.05, 4.69) is 42.2 Å². The fourth-order valence-corrected chi connectivity index (χ4v) is 7.41. The number of carbonyl (C=O) groups excluding carboxylic acids is 2. The minimum atomic E-state index is -1.46. The molecular weight excluding hydrogens is 414 g/mol. The van der Waals surface area contributed by atoms with Crippen molar-refractivity contribution in [2.75, 3.05) is 26.1 Å². The molecule has 4 aliphatic carbocycles. The summed E-state index contributed by atoms with van der Waals surface area (Å²) in [6.45, 7) is 2.11. The summed E-state index contributed by atoms with van der Waals surface area (Å²) in [4.78, 5) is 27.1. The largest absolute Gasteiger partial charge is 0.467 e. The van der Waals surface area contributed by atoms with Crippen molar-refractivity contribution in [3.63, 3.8) is 0 Å². The molecule has 1 aromatic rings. The Morgan fingerprint density at radius 3 is 2.58 bits per heavy atom. The average Bonchev–Trinajstić information content (AvgIpc) is 3.09. The second-order valence-electron chi connectivity index (χ2n) is 10.9. The van der Waals surface area contributed by atoms with Crippen LogP contribution in [0.2, 0.25) is 0 Å². The van der Waals surface area contributed by atoms with E-state index in [1.54, 1.807) is 0 Å². The first-order valence-corrected chi connectivity index (χ1v) is 12.2. The molecule has 5 atom stereocenters. The number of hydrogen-bond acceptors (Lipinski definition) is 5. The van der Waals surface area contributed by atoms with E-state index in [-0.39, 0.29) is 17.8 Å². The lowest BCUT2D eigenvalue weighted by atomic mass is 9.51. The summed E-state index contributed by atoms with van der Waals surface area (Å²) >= 11 is 0. The van der Waals surface area contributed by atoms with Crippen molar-refractivity contribution in [3.8, 4) is 0 Å². The number of aliphatic hydroxyl groups is 1. The number of carbonyl (C=O) groups is 2. The highest BCUT2D eigenvalue weighted by molar-refractivity contribution is 5.85. The molecule has 0 aliphatic heterocycles. The lowest BCUT2D eigenvalue weighted by Crippen LogP contribution is -2.55. The fourth-order valence-electron chi connectivity index (χ4n) is 7.41. The van der Waals surface area contributed by atoms with E-state index in [4.69, 9.17) is 4.74 Å². The average molecular weight is 450 g/mol. The van der Waals surface area contributed by atoms with Crippen LogP contribution in [0.4, 0.5) is 5.69 Å². The number of ether oxygens (including phenoxy) is 1. The predicted octanol–water partition coefficient (Wildman–Crippen LogP) is 4.56. The van der Waals surface area contributed by atoms with Crippen LogP contribution >= 0.6 is 0 Å². The van der Waals surface area contributed by atoms with Crippen molar-refractivity contribution in [2.45, 2.75) is 63.4 Å². The van der Waals surface area contributed by atoms with Crippen molar-refractivity contribution in [1.82, 2.24) is 0 Å². The highest BCUT2D eigenvalue weighted by Gasteiger charge is 2.66. The maximum atomic E-state index is 12.8. The van der Waals surface area contributed by atoms with Gasteiger partial charge >= 0.3 is 5.97 Å². The zero-order chi connectivity index (χ0) is 23.5. The van der Waals surface area contributed by atoms with Crippen LogP contribution in [0.25, 0.3) is 0 Å². The Labute approximate surface area is 196 Å². The number of ketones is 1. The Morgan fingerprint density at radius 2 is 1.91 bits per heavy atom. The molecular formula is C28H35NO4. The molecule has 0 amide bonds. The highest BCUT2D eigenvalue weighted by Crippen LogP contribution is 2.66. The maximum absolute atomic E-state index is 12.8. The van der Waals surface area contributed by atoms with Crippen LogP contribution in [0.5, 0.6) is 0 Å². The van der Waals surface area contributed by atoms with E-state index in [9.17, 15) is 14.7 Å². The molecule has 0 aromatic heterocycles. The fraction of sp³-hybridized carbons (Fsp3) is 0.571. The Balaban J connectivity index is 1.65. The smallest absolute Gasteiger partial charge is 0.338 e. The van der Waals surface area contributed by atoms with Crippen LogP contribution in [-0.4, -0.2) is 43.7 Å². The summed E-state index contributed by atoms with van der Waals surface area (Å²) in [6, 6.07) is 8.70. The quantitative estimate of drug-likeness (QED) is 0.686. The van der Waals surface area contributed by atoms with Crippen LogP contribution in [-0.2, 0) is 14.3 Å². The number of Topliss-reactive ketones (excluding diaryl/α,β-unsaturated/α-hetero) is 1. The molecule has 0 radical (unpaired) electrons. The van der Waals surface area contributed by atoms with E-state index in [1.807, 2.05) is 14.1 Å². The monoisotopic (exact) mass is 449 g/mol. The van der Waals surface area contributed by atoms with Gasteiger partial charge in [-0.3, -0.25) is 4.79 Å². The molecule has 0 spiro atoms. The van der Waals surface area contributed by atoms with Gasteiger partial charge in [-0.05, 0) is 72.8 Å². The molecule has 1 aromatic carbocycles. The molecule has 5 rings (SSSR count). The van der Waals surface area contributed by atoms with Gasteiger partial charge in [0.15, 0.2) is 5.60 Å². The molecule has 4 aliphatic rings. The van der Waals surface area contributed by atoms with E-state index in [0.717, 1.165) is 24.9 Å². The van der Waals surface area contributed by atoms with Crippen LogP contribution < -0.4 is 4.90 Å². The molecule has 3 unspecified atom stereocenters. The number of allylic oxidation sites excluding steroid dienone is 4. The molecule has 0 heterocycles. The molecule has 3 saturated carbocycles. The molecule has 5 heteroatoms. The van der Waals surface area contributed by atoms with Crippen LogP contribution in [0.3, 0.4) is 0 Å². The van der Waals surface area contributed by atoms with E-state index < -0.39 is 17.0 Å². The first-order valence-electron chi connectivity index (χ1n) is 12.2. The number of benzene rings is 1. The molecule has 1 N–H and O–H groups in total. The van der Waals surface area contributed by atoms with Gasteiger partial charge in [0.2, 0.25) is 0 Å². The zero-order valence-electron chi connectivity index (χ0n) is 20.2. The molecule has 33 heavy (non-hydrogen) atoms. The first kappa shape index (κ1) is 22.4. The summed E-state index contributed by atoms with van der Waals surface area (Å²) in [5.74, 6) is 0.455. The van der Waals surface area contributed by atoms with E-state index in [1.165, 1.54) is 29.4 Å². The third kappa shape index (κ3) is 3.23. The first-order chi connectivity index (χ1) is 15.7. The summed E-state index contributed by atoms with van der Waals surface area (Å²) < 4.78 is 5.11. The third-order valence-electron chi connectivity index (χ3n) is 9.20. The van der Waals surface area contributed by atoms with Crippen molar-refractivity contribution < 1.29 is 19.4 Å². The number of nitrogens with zero attached hydrogens (tertiary/aromatic N) is 1. The van der Waals surface area contributed by atoms with Gasteiger partial charge in [-0.25, -0.2) is 4.79 Å². The Kier molecular flexibility index (Phi) is 5.32. The molecule has 176 valence electrons. The van der Waals surface area contributed by atoms with Crippen LogP contribution in [0, 0.1) is 17.3 Å². The minimum absolute atomic E-state index is 0.119. The van der Waals surface area contributed by atoms with Crippen molar-refractivity contribution in [3.05, 3.63) is 52.6 Å². The normalized spacial score (nSPS) is 35.4. The van der Waals surface area contributed by atoms with Crippen LogP contribution in [0.15, 0.2) is 47.1 Å². The van der Waals surface area contributed by atoms with E-state index in [0.29, 0.717) is 31.5 Å². The number of hydrogen-bond donors (Lipinski definition) is 1. The topological polar surface area (TPSA) is 66.8 Å². The Morgan fingerprint density at radius 1 is 1.18 bits per heavy atom. The maximum Gasteiger partial charge on any atom is 0.338 e. The molecule has 0 bridgehead atoms. The molecule has 5 nitrogen and oxygen atoms in total. The number of esters is 1. The van der Waals surface area contributed by atoms with Crippen molar-refractivity contribution in [1.29, 1.82) is 0 Å². The van der Waals surface area contributed by atoms with Crippen molar-refractivity contribution in [2.24, 2.45) is 17.3 Å². The predicted molar refractivity (Wildman–Crippen MR) is 128 cm³/mol. The van der Waals surface area contributed by atoms with Crippen LogP contribution in [0.1, 0.15) is 63.4 Å². The van der Waals surface area contributed by atoms with Gasteiger partial charge in [0.05, 0.1) is 7.11 Å². The van der Waals surface area contributed by atoms with E-state index >= 15 is 0 Å². The van der Waals surface area contributed by atoms with Gasteiger partial charge in [0, 0.05) is 44.0 Å². The van der Waals surface area contributed by atoms with Gasteiger partial charge in [-0.2, -0.15) is 0 Å². The van der Waals surface area contributed by atoms with Gasteiger partial charge in [-0.15, -0.1) is 0 Å². The lowest BCUT2D eigenvalue weighted by Gasteiger charge is -2.53. The molecule has 3 fully saturated rings. The number of methoxy groups -OCH3 is 1. The number of anilines is 1. The second kappa shape index (κ2) is 7.83. The van der Waals surface area contributed by atoms with Gasteiger partial charge in [0.1, 0.15) is 5.78 Å². The van der Waals surface area contributed by atoms with Gasteiger partial charge < -0.3 is 14.7 Å².